The van der Waals surface area contributed by atoms with Gasteiger partial charge < -0.3 is 16.0 Å². The lowest BCUT2D eigenvalue weighted by Crippen LogP contribution is -2.54. The first-order valence-corrected chi connectivity index (χ1v) is 11.2. The maximum absolute atomic E-state index is 12.8. The second-order valence-electron chi connectivity index (χ2n) is 9.29. The number of carbonyl (C=O) groups is 1. The molecule has 0 aromatic carbocycles. The van der Waals surface area contributed by atoms with Crippen LogP contribution in [0.1, 0.15) is 58.3 Å². The fourth-order valence-corrected chi connectivity index (χ4v) is 6.15. The van der Waals surface area contributed by atoms with E-state index in [0.717, 1.165) is 37.9 Å². The highest BCUT2D eigenvalue weighted by Gasteiger charge is 2.41. The Labute approximate surface area is 159 Å². The third kappa shape index (κ3) is 4.10. The lowest BCUT2D eigenvalue weighted by Gasteiger charge is -2.42. The van der Waals surface area contributed by atoms with E-state index in [4.69, 9.17) is 0 Å². The number of hydrogen-bond donors (Lipinski definition) is 3. The van der Waals surface area contributed by atoms with Gasteiger partial charge in [0.15, 0.2) is 0 Å². The highest BCUT2D eigenvalue weighted by molar-refractivity contribution is 5.82. The number of nitrogens with zero attached hydrogens (tertiary/aromatic N) is 1. The van der Waals surface area contributed by atoms with Gasteiger partial charge in [-0.3, -0.25) is 9.69 Å². The van der Waals surface area contributed by atoms with E-state index in [-0.39, 0.29) is 11.9 Å². The fraction of sp³-hybridized carbons (Fsp3) is 0.952. The molecule has 2 saturated heterocycles. The average Bonchev–Trinajstić information content (AvgIpc) is 3.13. The van der Waals surface area contributed by atoms with Crippen molar-refractivity contribution in [3.05, 3.63) is 0 Å². The number of amides is 1. The van der Waals surface area contributed by atoms with Crippen LogP contribution >= 0.6 is 0 Å². The van der Waals surface area contributed by atoms with Crippen molar-refractivity contribution in [2.75, 3.05) is 32.7 Å². The monoisotopic (exact) mass is 362 g/mol. The Morgan fingerprint density at radius 3 is 2.69 bits per heavy atom. The Morgan fingerprint density at radius 1 is 1.08 bits per heavy atom. The second-order valence-corrected chi connectivity index (χ2v) is 9.29. The van der Waals surface area contributed by atoms with E-state index in [2.05, 4.69) is 27.8 Å². The Kier molecular flexibility index (Phi) is 6.17. The average molecular weight is 363 g/mol. The third-order valence-corrected chi connectivity index (χ3v) is 7.63. The first-order valence-electron chi connectivity index (χ1n) is 11.2. The van der Waals surface area contributed by atoms with E-state index >= 15 is 0 Å². The molecule has 2 aliphatic heterocycles. The first-order chi connectivity index (χ1) is 12.7. The van der Waals surface area contributed by atoms with E-state index in [1.54, 1.807) is 0 Å². The van der Waals surface area contributed by atoms with Crippen LogP contribution in [0.3, 0.4) is 0 Å². The largest absolute Gasteiger partial charge is 0.354 e. The lowest BCUT2D eigenvalue weighted by atomic mass is 9.78. The molecule has 6 atom stereocenters. The SMILES string of the molecule is CC1CCCC2CC(C(=O)NCC3CCCCC3N3CCNCC3)NC12. The van der Waals surface area contributed by atoms with Gasteiger partial charge in [-0.25, -0.2) is 0 Å². The van der Waals surface area contributed by atoms with Crippen LogP contribution < -0.4 is 16.0 Å². The van der Waals surface area contributed by atoms with Crippen LogP contribution in [-0.2, 0) is 4.79 Å². The molecule has 2 saturated carbocycles. The zero-order valence-corrected chi connectivity index (χ0v) is 16.5. The van der Waals surface area contributed by atoms with Gasteiger partial charge in [0.25, 0.3) is 0 Å². The maximum atomic E-state index is 12.8. The first kappa shape index (κ1) is 18.7. The molecule has 2 heterocycles. The summed E-state index contributed by atoms with van der Waals surface area (Å²) >= 11 is 0. The number of fused-ring (bicyclic) bond motifs is 1. The quantitative estimate of drug-likeness (QED) is 0.713. The van der Waals surface area contributed by atoms with E-state index in [1.807, 2.05) is 0 Å². The zero-order chi connectivity index (χ0) is 17.9. The topological polar surface area (TPSA) is 56.4 Å². The molecule has 0 aromatic heterocycles. The summed E-state index contributed by atoms with van der Waals surface area (Å²) in [5, 5.41) is 10.5. The van der Waals surface area contributed by atoms with E-state index < -0.39 is 0 Å². The Morgan fingerprint density at radius 2 is 1.88 bits per heavy atom. The van der Waals surface area contributed by atoms with Gasteiger partial charge in [0.1, 0.15) is 0 Å². The highest BCUT2D eigenvalue weighted by atomic mass is 16.2. The summed E-state index contributed by atoms with van der Waals surface area (Å²) in [6.45, 7) is 7.78. The van der Waals surface area contributed by atoms with Crippen molar-refractivity contribution in [2.24, 2.45) is 17.8 Å². The number of nitrogens with one attached hydrogen (secondary N) is 3. The molecule has 0 spiro atoms. The standard InChI is InChI=1S/C21H38N4O/c1-15-5-4-7-16-13-18(24-20(15)16)21(26)23-14-17-6-2-3-8-19(17)25-11-9-22-10-12-25/h15-20,22,24H,2-14H2,1H3,(H,23,26). The van der Waals surface area contributed by atoms with Crippen LogP contribution in [0.2, 0.25) is 0 Å². The minimum atomic E-state index is 0.0479. The highest BCUT2D eigenvalue weighted by Crippen LogP contribution is 2.36. The molecule has 5 nitrogen and oxygen atoms in total. The fourth-order valence-electron chi connectivity index (χ4n) is 6.15. The van der Waals surface area contributed by atoms with Crippen molar-refractivity contribution in [3.63, 3.8) is 0 Å². The van der Waals surface area contributed by atoms with Gasteiger partial charge in [-0.1, -0.05) is 26.2 Å². The van der Waals surface area contributed by atoms with Crippen molar-refractivity contribution in [1.29, 1.82) is 0 Å². The molecule has 4 rings (SSSR count). The number of carbonyl (C=O) groups excluding carboxylic acids is 1. The van der Waals surface area contributed by atoms with Crippen LogP contribution in [-0.4, -0.2) is 61.7 Å². The molecule has 4 fully saturated rings. The van der Waals surface area contributed by atoms with Gasteiger partial charge in [-0.15, -0.1) is 0 Å². The summed E-state index contributed by atoms with van der Waals surface area (Å²) in [6, 6.07) is 1.29. The van der Waals surface area contributed by atoms with E-state index in [0.29, 0.717) is 18.0 Å². The van der Waals surface area contributed by atoms with Gasteiger partial charge in [-0.2, -0.15) is 0 Å². The van der Waals surface area contributed by atoms with Gasteiger partial charge in [0.2, 0.25) is 5.91 Å². The van der Waals surface area contributed by atoms with Crippen LogP contribution in [0.4, 0.5) is 0 Å². The molecule has 0 aromatic rings. The minimum Gasteiger partial charge on any atom is -0.354 e. The number of piperazine rings is 1. The lowest BCUT2D eigenvalue weighted by molar-refractivity contribution is -0.123. The van der Waals surface area contributed by atoms with Gasteiger partial charge in [-0.05, 0) is 49.9 Å². The summed E-state index contributed by atoms with van der Waals surface area (Å²) in [7, 11) is 0. The minimum absolute atomic E-state index is 0.0479. The summed E-state index contributed by atoms with van der Waals surface area (Å²) in [6.07, 6.45) is 10.3. The van der Waals surface area contributed by atoms with Crippen molar-refractivity contribution < 1.29 is 4.79 Å². The molecule has 0 bridgehead atoms. The van der Waals surface area contributed by atoms with Crippen molar-refractivity contribution >= 4 is 5.91 Å². The molecule has 3 N–H and O–H groups in total. The number of hydrogen-bond acceptors (Lipinski definition) is 4. The van der Waals surface area contributed by atoms with E-state index in [1.165, 1.54) is 58.0 Å². The predicted molar refractivity (Wildman–Crippen MR) is 105 cm³/mol. The zero-order valence-electron chi connectivity index (χ0n) is 16.5. The number of rotatable bonds is 4. The second kappa shape index (κ2) is 8.57. The van der Waals surface area contributed by atoms with Crippen LogP contribution in [0, 0.1) is 17.8 Å². The molecule has 26 heavy (non-hydrogen) atoms. The van der Waals surface area contributed by atoms with Crippen LogP contribution in [0.25, 0.3) is 0 Å². The van der Waals surface area contributed by atoms with E-state index in [9.17, 15) is 4.79 Å². The Hall–Kier alpha value is -0.650. The predicted octanol–water partition coefficient (Wildman–Crippen LogP) is 1.73. The van der Waals surface area contributed by atoms with Crippen molar-refractivity contribution in [3.8, 4) is 0 Å². The molecular weight excluding hydrogens is 324 g/mol. The molecule has 148 valence electrons. The smallest absolute Gasteiger partial charge is 0.237 e. The van der Waals surface area contributed by atoms with Crippen molar-refractivity contribution in [1.82, 2.24) is 20.9 Å². The molecular formula is C21H38N4O. The Bertz CT molecular complexity index is 479. The summed E-state index contributed by atoms with van der Waals surface area (Å²) in [5.74, 6) is 2.34. The normalized spacial score (nSPS) is 41.6. The molecule has 6 unspecified atom stereocenters. The summed E-state index contributed by atoms with van der Waals surface area (Å²) in [4.78, 5) is 15.5. The molecule has 1 amide bonds. The van der Waals surface area contributed by atoms with Crippen molar-refractivity contribution in [2.45, 2.75) is 76.4 Å². The molecule has 0 radical (unpaired) electrons. The maximum Gasteiger partial charge on any atom is 0.237 e. The van der Waals surface area contributed by atoms with Gasteiger partial charge >= 0.3 is 0 Å². The molecule has 5 heteroatoms. The van der Waals surface area contributed by atoms with Gasteiger partial charge in [0.05, 0.1) is 6.04 Å². The van der Waals surface area contributed by atoms with Crippen LogP contribution in [0.15, 0.2) is 0 Å². The molecule has 2 aliphatic carbocycles. The van der Waals surface area contributed by atoms with Crippen LogP contribution in [0.5, 0.6) is 0 Å². The van der Waals surface area contributed by atoms with Gasteiger partial charge in [0, 0.05) is 44.8 Å². The third-order valence-electron chi connectivity index (χ3n) is 7.63. The Balaban J connectivity index is 1.29. The molecule has 4 aliphatic rings. The summed E-state index contributed by atoms with van der Waals surface area (Å²) < 4.78 is 0. The summed E-state index contributed by atoms with van der Waals surface area (Å²) in [5.41, 5.74) is 0.